The Labute approximate surface area is 116 Å². The van der Waals surface area contributed by atoms with Gasteiger partial charge >= 0.3 is 0 Å². The number of ether oxygens (including phenoxy) is 1. The third-order valence-electron chi connectivity index (χ3n) is 2.45. The van der Waals surface area contributed by atoms with E-state index in [9.17, 15) is 0 Å². The molecule has 0 aromatic rings. The first-order valence-electron chi connectivity index (χ1n) is 6.86. The Kier molecular flexibility index (Phi) is 16.0. The lowest BCUT2D eigenvalue weighted by Crippen LogP contribution is -1.90. The van der Waals surface area contributed by atoms with E-state index >= 15 is 0 Å². The van der Waals surface area contributed by atoms with Gasteiger partial charge in [-0.2, -0.15) is 0 Å². The molecule has 0 rings (SSSR count). The number of unbranched alkanes of at least 4 members (excludes halogenated alkanes) is 6. The number of rotatable bonds is 11. The molecule has 0 aliphatic rings. The molecule has 99 valence electrons. The molecule has 0 heterocycles. The summed E-state index contributed by atoms with van der Waals surface area (Å²) < 4.78 is 5.41. The summed E-state index contributed by atoms with van der Waals surface area (Å²) in [6.45, 7) is 4.89. The van der Waals surface area contributed by atoms with Gasteiger partial charge in [-0.1, -0.05) is 48.5 Å². The Bertz CT molecular complexity index is 193. The fraction of sp³-hybridized carbons (Fsp3) is 0.800. The molecule has 0 atom stereocenters. The van der Waals surface area contributed by atoms with Crippen LogP contribution in [0.4, 0.5) is 0 Å². The van der Waals surface area contributed by atoms with Crippen molar-refractivity contribution in [3.8, 4) is 11.8 Å². The van der Waals surface area contributed by atoms with Gasteiger partial charge < -0.3 is 4.74 Å². The first kappa shape index (κ1) is 17.0. The maximum atomic E-state index is 5.41. The van der Waals surface area contributed by atoms with Gasteiger partial charge in [0, 0.05) is 18.2 Å². The molecule has 17 heavy (non-hydrogen) atoms. The monoisotopic (exact) mass is 301 g/mol. The third-order valence-corrected chi connectivity index (χ3v) is 3.01. The van der Waals surface area contributed by atoms with E-state index in [-0.39, 0.29) is 0 Å². The number of hydrogen-bond donors (Lipinski definition) is 0. The average molecular weight is 302 g/mol. The van der Waals surface area contributed by atoms with Crippen molar-refractivity contribution in [3.63, 3.8) is 0 Å². The largest absolute Gasteiger partial charge is 0.375 e. The molecule has 1 radical (unpaired) electrons. The normalized spacial score (nSPS) is 10.0. The molecule has 0 bridgehead atoms. The molecule has 0 amide bonds. The lowest BCUT2D eigenvalue weighted by Gasteiger charge is -2.01. The first-order valence-corrected chi connectivity index (χ1v) is 7.99. The number of halogens is 1. The molecule has 0 N–H and O–H groups in total. The Balaban J connectivity index is 2.99. The molecule has 1 nitrogen and oxygen atoms in total. The highest BCUT2D eigenvalue weighted by atomic mass is 79.9. The standard InChI is InChI=1S/C15H26BrO/c1-2-3-4-5-8-11-14-17-15-12-9-6-7-10-13-16/h15H,2-4,6-7,9-14H2,1H3. The molecular formula is C15H26BrO. The van der Waals surface area contributed by atoms with Crippen LogP contribution >= 0.6 is 15.9 Å². The highest BCUT2D eigenvalue weighted by Gasteiger charge is 1.91. The molecule has 0 aromatic carbocycles. The lowest BCUT2D eigenvalue weighted by molar-refractivity contribution is 0.196. The zero-order valence-electron chi connectivity index (χ0n) is 11.1. The van der Waals surface area contributed by atoms with E-state index in [2.05, 4.69) is 34.7 Å². The maximum Gasteiger partial charge on any atom is 0.0837 e. The van der Waals surface area contributed by atoms with Crippen LogP contribution in [0.5, 0.6) is 0 Å². The zero-order chi connectivity index (χ0) is 12.6. The third kappa shape index (κ3) is 16.0. The van der Waals surface area contributed by atoms with Gasteiger partial charge in [0.15, 0.2) is 0 Å². The quantitative estimate of drug-likeness (QED) is 0.293. The second kappa shape index (κ2) is 16.0. The Morgan fingerprint density at radius 3 is 2.53 bits per heavy atom. The summed E-state index contributed by atoms with van der Waals surface area (Å²) in [5.41, 5.74) is 0. The van der Waals surface area contributed by atoms with Crippen molar-refractivity contribution < 1.29 is 4.74 Å². The first-order chi connectivity index (χ1) is 8.41. The second-order valence-electron chi connectivity index (χ2n) is 4.14. The fourth-order valence-electron chi connectivity index (χ4n) is 1.39. The SMILES string of the molecule is CCCCC#CCCO[CH]CCCCCCBr. The van der Waals surface area contributed by atoms with E-state index in [1.807, 2.05) is 6.61 Å². The van der Waals surface area contributed by atoms with Gasteiger partial charge in [-0.25, -0.2) is 0 Å². The molecule has 0 saturated carbocycles. The van der Waals surface area contributed by atoms with Crippen molar-refractivity contribution in [1.29, 1.82) is 0 Å². The van der Waals surface area contributed by atoms with Crippen LogP contribution in [0.3, 0.4) is 0 Å². The minimum Gasteiger partial charge on any atom is -0.375 e. The lowest BCUT2D eigenvalue weighted by atomic mass is 10.2. The molecule has 0 spiro atoms. The average Bonchev–Trinajstić information content (AvgIpc) is 2.35. The van der Waals surface area contributed by atoms with Crippen molar-refractivity contribution in [1.82, 2.24) is 0 Å². The highest BCUT2D eigenvalue weighted by molar-refractivity contribution is 9.09. The van der Waals surface area contributed by atoms with Gasteiger partial charge in [0.2, 0.25) is 0 Å². The zero-order valence-corrected chi connectivity index (χ0v) is 12.7. The van der Waals surface area contributed by atoms with Crippen molar-refractivity contribution in [2.45, 2.75) is 64.7 Å². The van der Waals surface area contributed by atoms with Crippen LogP contribution in [0, 0.1) is 18.4 Å². The maximum absolute atomic E-state index is 5.41. The van der Waals surface area contributed by atoms with Crippen LogP contribution in [0.25, 0.3) is 0 Å². The summed E-state index contributed by atoms with van der Waals surface area (Å²) in [7, 11) is 0. The van der Waals surface area contributed by atoms with Crippen molar-refractivity contribution >= 4 is 15.9 Å². The minimum absolute atomic E-state index is 0.751. The fourth-order valence-corrected chi connectivity index (χ4v) is 1.79. The number of hydrogen-bond acceptors (Lipinski definition) is 1. The molecule has 0 saturated heterocycles. The summed E-state index contributed by atoms with van der Waals surface area (Å²) in [4.78, 5) is 0. The van der Waals surface area contributed by atoms with Crippen molar-refractivity contribution in [3.05, 3.63) is 6.61 Å². The van der Waals surface area contributed by atoms with E-state index < -0.39 is 0 Å². The van der Waals surface area contributed by atoms with Crippen molar-refractivity contribution in [2.75, 3.05) is 11.9 Å². The van der Waals surface area contributed by atoms with Crippen LogP contribution in [-0.2, 0) is 4.74 Å². The summed E-state index contributed by atoms with van der Waals surface area (Å²) >= 11 is 3.44. The molecule has 0 aliphatic heterocycles. The molecule has 0 aromatic heterocycles. The predicted octanol–water partition coefficient (Wildman–Crippen LogP) is 5.09. The van der Waals surface area contributed by atoms with Gasteiger partial charge in [0.05, 0.1) is 13.2 Å². The molecule has 0 aliphatic carbocycles. The molecular weight excluding hydrogens is 276 g/mol. The molecule has 2 heteroatoms. The number of alkyl halides is 1. The molecule has 0 unspecified atom stereocenters. The predicted molar refractivity (Wildman–Crippen MR) is 79.0 cm³/mol. The van der Waals surface area contributed by atoms with Crippen LogP contribution in [-0.4, -0.2) is 11.9 Å². The molecule has 0 fully saturated rings. The van der Waals surface area contributed by atoms with E-state index in [0.717, 1.165) is 31.2 Å². The Morgan fingerprint density at radius 2 is 1.76 bits per heavy atom. The smallest absolute Gasteiger partial charge is 0.0837 e. The topological polar surface area (TPSA) is 9.23 Å². The Hall–Kier alpha value is 0. The van der Waals surface area contributed by atoms with Crippen LogP contribution in [0.1, 0.15) is 64.7 Å². The van der Waals surface area contributed by atoms with Gasteiger partial charge in [-0.3, -0.25) is 0 Å². The van der Waals surface area contributed by atoms with Gasteiger partial charge in [0.25, 0.3) is 0 Å². The summed E-state index contributed by atoms with van der Waals surface area (Å²) in [6, 6.07) is 0. The summed E-state index contributed by atoms with van der Waals surface area (Å²) in [5.74, 6) is 6.30. The minimum atomic E-state index is 0.751. The Morgan fingerprint density at radius 1 is 1.00 bits per heavy atom. The highest BCUT2D eigenvalue weighted by Crippen LogP contribution is 2.06. The van der Waals surface area contributed by atoms with Gasteiger partial charge in [-0.15, -0.1) is 11.8 Å². The van der Waals surface area contributed by atoms with E-state index in [1.54, 1.807) is 0 Å². The van der Waals surface area contributed by atoms with Crippen LogP contribution in [0.15, 0.2) is 0 Å². The van der Waals surface area contributed by atoms with Gasteiger partial charge in [0.1, 0.15) is 0 Å². The van der Waals surface area contributed by atoms with E-state index in [1.165, 1.54) is 38.5 Å². The summed E-state index contributed by atoms with van der Waals surface area (Å²) in [6.07, 6.45) is 10.6. The second-order valence-corrected chi connectivity index (χ2v) is 4.93. The van der Waals surface area contributed by atoms with Crippen LogP contribution in [0.2, 0.25) is 0 Å². The summed E-state index contributed by atoms with van der Waals surface area (Å²) in [5, 5.41) is 1.13. The van der Waals surface area contributed by atoms with Crippen molar-refractivity contribution in [2.24, 2.45) is 0 Å². The van der Waals surface area contributed by atoms with Crippen LogP contribution < -0.4 is 0 Å². The van der Waals surface area contributed by atoms with Gasteiger partial charge in [-0.05, 0) is 19.3 Å². The van der Waals surface area contributed by atoms with E-state index in [4.69, 9.17) is 4.74 Å². The van der Waals surface area contributed by atoms with E-state index in [0.29, 0.717) is 0 Å².